The van der Waals surface area contributed by atoms with Crippen molar-refractivity contribution in [3.8, 4) is 0 Å². The number of hydrogen-bond donors (Lipinski definition) is 1. The van der Waals surface area contributed by atoms with E-state index in [1.165, 1.54) is 17.0 Å². The zero-order chi connectivity index (χ0) is 12.4. The van der Waals surface area contributed by atoms with E-state index in [0.29, 0.717) is 0 Å². The van der Waals surface area contributed by atoms with Gasteiger partial charge in [0, 0.05) is 9.75 Å². The van der Waals surface area contributed by atoms with Crippen molar-refractivity contribution < 1.29 is 4.39 Å². The average molecular weight is 249 g/mol. The van der Waals surface area contributed by atoms with Gasteiger partial charge in [0.1, 0.15) is 5.82 Å². The first kappa shape index (κ1) is 12.3. The van der Waals surface area contributed by atoms with Gasteiger partial charge in [-0.2, -0.15) is 0 Å². The third-order valence-electron chi connectivity index (χ3n) is 2.76. The molecule has 2 rings (SSSR count). The van der Waals surface area contributed by atoms with Crippen LogP contribution < -0.4 is 5.73 Å². The van der Waals surface area contributed by atoms with Gasteiger partial charge in [-0.25, -0.2) is 4.39 Å². The Balaban J connectivity index is 2.32. The van der Waals surface area contributed by atoms with Gasteiger partial charge < -0.3 is 5.73 Å². The minimum atomic E-state index is -0.227. The standard InChI is InChI=1S/C14H16FNS/c1-3-12-4-5-13(17-12)14(16)10-6-9(2)7-11(15)8-10/h4-8,14H,3,16H2,1-2H3. The van der Waals surface area contributed by atoms with Gasteiger partial charge in [-0.05, 0) is 48.7 Å². The van der Waals surface area contributed by atoms with Gasteiger partial charge in [0.25, 0.3) is 0 Å². The molecule has 1 nitrogen and oxygen atoms in total. The summed E-state index contributed by atoms with van der Waals surface area (Å²) in [6.07, 6.45) is 1.01. The minimum absolute atomic E-state index is 0.220. The fourth-order valence-corrected chi connectivity index (χ4v) is 2.84. The summed E-state index contributed by atoms with van der Waals surface area (Å²) < 4.78 is 13.3. The Bertz CT molecular complexity index is 498. The molecule has 0 aliphatic carbocycles. The predicted molar refractivity (Wildman–Crippen MR) is 70.9 cm³/mol. The maximum atomic E-state index is 13.3. The normalized spacial score (nSPS) is 12.7. The molecule has 17 heavy (non-hydrogen) atoms. The van der Waals surface area contributed by atoms with Crippen LogP contribution >= 0.6 is 11.3 Å². The maximum absolute atomic E-state index is 13.3. The molecule has 0 spiro atoms. The number of hydrogen-bond acceptors (Lipinski definition) is 2. The lowest BCUT2D eigenvalue weighted by Crippen LogP contribution is -2.10. The number of benzene rings is 1. The third-order valence-corrected chi connectivity index (χ3v) is 4.07. The van der Waals surface area contributed by atoms with Crippen LogP contribution in [0.25, 0.3) is 0 Å². The van der Waals surface area contributed by atoms with Crippen molar-refractivity contribution in [3.63, 3.8) is 0 Å². The number of thiophene rings is 1. The maximum Gasteiger partial charge on any atom is 0.123 e. The Morgan fingerprint density at radius 1 is 1.29 bits per heavy atom. The number of nitrogens with two attached hydrogens (primary N) is 1. The molecule has 0 bridgehead atoms. The summed E-state index contributed by atoms with van der Waals surface area (Å²) in [5, 5.41) is 0. The Kier molecular flexibility index (Phi) is 3.60. The fourth-order valence-electron chi connectivity index (χ4n) is 1.86. The summed E-state index contributed by atoms with van der Waals surface area (Å²) in [5.41, 5.74) is 7.91. The molecule has 2 N–H and O–H groups in total. The van der Waals surface area contributed by atoms with Crippen molar-refractivity contribution >= 4 is 11.3 Å². The van der Waals surface area contributed by atoms with Crippen molar-refractivity contribution in [2.45, 2.75) is 26.3 Å². The summed E-state index contributed by atoms with van der Waals surface area (Å²) in [7, 11) is 0. The Morgan fingerprint density at radius 3 is 2.65 bits per heavy atom. The molecule has 0 saturated carbocycles. The lowest BCUT2D eigenvalue weighted by molar-refractivity contribution is 0.622. The van der Waals surface area contributed by atoms with Crippen LogP contribution in [0.2, 0.25) is 0 Å². The van der Waals surface area contributed by atoms with Crippen LogP contribution in [0.1, 0.15) is 33.8 Å². The van der Waals surface area contributed by atoms with Gasteiger partial charge >= 0.3 is 0 Å². The van der Waals surface area contributed by atoms with Gasteiger partial charge in [-0.15, -0.1) is 11.3 Å². The van der Waals surface area contributed by atoms with E-state index in [2.05, 4.69) is 13.0 Å². The van der Waals surface area contributed by atoms with Crippen LogP contribution in [-0.2, 0) is 6.42 Å². The number of halogens is 1. The molecule has 0 amide bonds. The molecule has 1 unspecified atom stereocenters. The van der Waals surface area contributed by atoms with E-state index < -0.39 is 0 Å². The van der Waals surface area contributed by atoms with Crippen LogP contribution in [0.3, 0.4) is 0 Å². The van der Waals surface area contributed by atoms with Gasteiger partial charge in [0.2, 0.25) is 0 Å². The van der Waals surface area contributed by atoms with Crippen LogP contribution in [0.5, 0.6) is 0 Å². The molecule has 0 fully saturated rings. The summed E-state index contributed by atoms with van der Waals surface area (Å²) in [5.74, 6) is -0.220. The molecule has 1 heterocycles. The second kappa shape index (κ2) is 4.98. The highest BCUT2D eigenvalue weighted by molar-refractivity contribution is 7.12. The van der Waals surface area contributed by atoms with Crippen molar-refractivity contribution in [3.05, 3.63) is 57.0 Å². The second-order valence-electron chi connectivity index (χ2n) is 4.20. The zero-order valence-electron chi connectivity index (χ0n) is 10.0. The van der Waals surface area contributed by atoms with Crippen molar-refractivity contribution in [2.24, 2.45) is 5.73 Å². The van der Waals surface area contributed by atoms with Crippen LogP contribution in [-0.4, -0.2) is 0 Å². The molecule has 0 radical (unpaired) electrons. The molecule has 3 heteroatoms. The molecule has 1 aromatic carbocycles. The smallest absolute Gasteiger partial charge is 0.123 e. The first-order valence-corrected chi connectivity index (χ1v) is 6.53. The van der Waals surface area contributed by atoms with Gasteiger partial charge in [-0.1, -0.05) is 13.0 Å². The quantitative estimate of drug-likeness (QED) is 0.879. The highest BCUT2D eigenvalue weighted by atomic mass is 32.1. The second-order valence-corrected chi connectivity index (χ2v) is 5.40. The first-order chi connectivity index (χ1) is 8.10. The van der Waals surface area contributed by atoms with Gasteiger partial charge in [0.05, 0.1) is 6.04 Å². The van der Waals surface area contributed by atoms with E-state index >= 15 is 0 Å². The highest BCUT2D eigenvalue weighted by Crippen LogP contribution is 2.27. The molecule has 0 aliphatic rings. The van der Waals surface area contributed by atoms with E-state index in [1.54, 1.807) is 11.3 Å². The van der Waals surface area contributed by atoms with Gasteiger partial charge in [0.15, 0.2) is 0 Å². The average Bonchev–Trinajstić information content (AvgIpc) is 2.75. The summed E-state index contributed by atoms with van der Waals surface area (Å²) >= 11 is 1.70. The Hall–Kier alpha value is -1.19. The monoisotopic (exact) mass is 249 g/mol. The van der Waals surface area contributed by atoms with Crippen molar-refractivity contribution in [2.75, 3.05) is 0 Å². The Morgan fingerprint density at radius 2 is 2.06 bits per heavy atom. The lowest BCUT2D eigenvalue weighted by Gasteiger charge is -2.11. The number of aryl methyl sites for hydroxylation is 2. The predicted octanol–water partition coefficient (Wildman–Crippen LogP) is 3.81. The van der Waals surface area contributed by atoms with E-state index in [-0.39, 0.29) is 11.9 Å². The Labute approximate surface area is 105 Å². The molecule has 1 atom stereocenters. The fraction of sp³-hybridized carbons (Fsp3) is 0.286. The van der Waals surface area contributed by atoms with E-state index in [4.69, 9.17) is 5.73 Å². The van der Waals surface area contributed by atoms with Crippen molar-refractivity contribution in [1.29, 1.82) is 0 Å². The molecular formula is C14H16FNS. The largest absolute Gasteiger partial charge is 0.320 e. The summed E-state index contributed by atoms with van der Waals surface area (Å²) in [6, 6.07) is 8.87. The van der Waals surface area contributed by atoms with E-state index in [9.17, 15) is 4.39 Å². The highest BCUT2D eigenvalue weighted by Gasteiger charge is 2.12. The molecular weight excluding hydrogens is 233 g/mol. The molecule has 2 aromatic rings. The summed E-state index contributed by atoms with van der Waals surface area (Å²) in [6.45, 7) is 4.00. The van der Waals surface area contributed by atoms with Gasteiger partial charge in [-0.3, -0.25) is 0 Å². The van der Waals surface area contributed by atoms with Crippen LogP contribution in [0, 0.1) is 12.7 Å². The van der Waals surface area contributed by atoms with E-state index in [0.717, 1.165) is 22.4 Å². The summed E-state index contributed by atoms with van der Waals surface area (Å²) in [4.78, 5) is 2.40. The van der Waals surface area contributed by atoms with E-state index in [1.807, 2.05) is 19.1 Å². The lowest BCUT2D eigenvalue weighted by atomic mass is 10.0. The topological polar surface area (TPSA) is 26.0 Å². The molecule has 0 saturated heterocycles. The number of rotatable bonds is 3. The van der Waals surface area contributed by atoms with Crippen molar-refractivity contribution in [1.82, 2.24) is 0 Å². The molecule has 0 aliphatic heterocycles. The first-order valence-electron chi connectivity index (χ1n) is 5.71. The van der Waals surface area contributed by atoms with Crippen LogP contribution in [0.15, 0.2) is 30.3 Å². The molecule has 90 valence electrons. The zero-order valence-corrected chi connectivity index (χ0v) is 10.9. The van der Waals surface area contributed by atoms with Crippen LogP contribution in [0.4, 0.5) is 4.39 Å². The minimum Gasteiger partial charge on any atom is -0.320 e. The SMILES string of the molecule is CCc1ccc(C(N)c2cc(C)cc(F)c2)s1. The third kappa shape index (κ3) is 2.73. The molecule has 1 aromatic heterocycles.